The number of halogens is 1. The van der Waals surface area contributed by atoms with Crippen molar-refractivity contribution >= 4 is 17.5 Å². The summed E-state index contributed by atoms with van der Waals surface area (Å²) in [4.78, 5) is 10.9. The van der Waals surface area contributed by atoms with E-state index in [1.165, 1.54) is 0 Å². The summed E-state index contributed by atoms with van der Waals surface area (Å²) in [5, 5.41) is 9.77. The number of rotatable bonds is 4. The number of carbonyl (C=O) groups is 1. The Morgan fingerprint density at radius 1 is 1.21 bits per heavy atom. The molecule has 0 unspecified atom stereocenters. The van der Waals surface area contributed by atoms with Crippen molar-refractivity contribution in [3.8, 4) is 11.5 Å². The van der Waals surface area contributed by atoms with Crippen molar-refractivity contribution < 1.29 is 14.6 Å². The van der Waals surface area contributed by atoms with E-state index >= 15 is 0 Å². The third-order valence-electron chi connectivity index (χ3n) is 2.56. The summed E-state index contributed by atoms with van der Waals surface area (Å²) < 4.78 is 5.62. The van der Waals surface area contributed by atoms with Crippen molar-refractivity contribution in [2.75, 3.05) is 0 Å². The molecule has 0 bridgehead atoms. The highest BCUT2D eigenvalue weighted by Crippen LogP contribution is 2.28. The Hall–Kier alpha value is -2.04. The van der Waals surface area contributed by atoms with Gasteiger partial charge in [0.15, 0.2) is 0 Å². The Labute approximate surface area is 115 Å². The molecule has 2 aromatic carbocycles. The summed E-state index contributed by atoms with van der Waals surface area (Å²) in [6, 6.07) is 11.4. The first-order valence-electron chi connectivity index (χ1n) is 5.57. The molecule has 1 amide bonds. The molecular weight excluding hydrogens is 266 g/mol. The highest BCUT2D eigenvalue weighted by atomic mass is 35.5. The van der Waals surface area contributed by atoms with Crippen LogP contribution in [0, 0.1) is 0 Å². The van der Waals surface area contributed by atoms with Crippen LogP contribution in [0.1, 0.15) is 15.9 Å². The Kier molecular flexibility index (Phi) is 4.04. The van der Waals surface area contributed by atoms with Gasteiger partial charge in [-0.1, -0.05) is 11.6 Å². The van der Waals surface area contributed by atoms with Gasteiger partial charge in [0.1, 0.15) is 11.5 Å². The molecular formula is C14H12ClNO3. The van der Waals surface area contributed by atoms with E-state index in [0.717, 1.165) is 0 Å². The predicted molar refractivity (Wildman–Crippen MR) is 72.4 cm³/mol. The topological polar surface area (TPSA) is 72.6 Å². The molecule has 0 fully saturated rings. The zero-order valence-corrected chi connectivity index (χ0v) is 10.7. The van der Waals surface area contributed by atoms with E-state index in [9.17, 15) is 9.90 Å². The van der Waals surface area contributed by atoms with Crippen LogP contribution in [0.3, 0.4) is 0 Å². The molecule has 0 aliphatic heterocycles. The quantitative estimate of drug-likeness (QED) is 0.902. The average Bonchev–Trinajstić information content (AvgIpc) is 2.41. The fourth-order valence-electron chi connectivity index (χ4n) is 1.59. The second-order valence-corrected chi connectivity index (χ2v) is 4.34. The molecule has 0 aromatic heterocycles. The van der Waals surface area contributed by atoms with Gasteiger partial charge in [-0.2, -0.15) is 0 Å². The van der Waals surface area contributed by atoms with Crippen molar-refractivity contribution in [2.45, 2.75) is 6.61 Å². The molecule has 0 saturated carbocycles. The van der Waals surface area contributed by atoms with Crippen LogP contribution in [0.5, 0.6) is 11.5 Å². The molecule has 3 N–H and O–H groups in total. The second-order valence-electron chi connectivity index (χ2n) is 3.90. The van der Waals surface area contributed by atoms with E-state index in [1.807, 2.05) is 0 Å². The van der Waals surface area contributed by atoms with Gasteiger partial charge in [0.2, 0.25) is 5.91 Å². The standard InChI is InChI=1S/C14H12ClNO3/c15-11-3-6-13(10(7-11)8-17)19-12-4-1-9(2-5-12)14(16)18/h1-7,17H,8H2,(H2,16,18). The molecule has 0 aliphatic carbocycles. The largest absolute Gasteiger partial charge is 0.457 e. The lowest BCUT2D eigenvalue weighted by Gasteiger charge is -2.10. The lowest BCUT2D eigenvalue weighted by molar-refractivity contribution is 0.100. The molecule has 0 heterocycles. The van der Waals surface area contributed by atoms with Crippen LogP contribution in [-0.2, 0) is 6.61 Å². The molecule has 2 aromatic rings. The number of primary amides is 1. The van der Waals surface area contributed by atoms with Crippen molar-refractivity contribution in [1.29, 1.82) is 0 Å². The Bertz CT molecular complexity index is 596. The number of aliphatic hydroxyl groups excluding tert-OH is 1. The summed E-state index contributed by atoms with van der Waals surface area (Å²) in [7, 11) is 0. The van der Waals surface area contributed by atoms with Gasteiger partial charge in [0.05, 0.1) is 6.61 Å². The van der Waals surface area contributed by atoms with Crippen LogP contribution in [-0.4, -0.2) is 11.0 Å². The number of carbonyl (C=O) groups excluding carboxylic acids is 1. The van der Waals surface area contributed by atoms with Gasteiger partial charge in [0.25, 0.3) is 0 Å². The predicted octanol–water partition coefficient (Wildman–Crippen LogP) is 2.72. The highest BCUT2D eigenvalue weighted by Gasteiger charge is 2.06. The zero-order valence-electron chi connectivity index (χ0n) is 9.97. The summed E-state index contributed by atoms with van der Waals surface area (Å²) in [5.74, 6) is 0.565. The van der Waals surface area contributed by atoms with E-state index in [1.54, 1.807) is 42.5 Å². The molecule has 0 spiro atoms. The number of aliphatic hydroxyl groups is 1. The summed E-state index contributed by atoms with van der Waals surface area (Å²) in [5.41, 5.74) is 6.15. The van der Waals surface area contributed by atoms with E-state index in [-0.39, 0.29) is 6.61 Å². The summed E-state index contributed by atoms with van der Waals surface area (Å²) in [6.45, 7) is -0.171. The molecule has 2 rings (SSSR count). The number of hydrogen-bond acceptors (Lipinski definition) is 3. The van der Waals surface area contributed by atoms with Gasteiger partial charge in [-0.3, -0.25) is 4.79 Å². The highest BCUT2D eigenvalue weighted by molar-refractivity contribution is 6.30. The van der Waals surface area contributed by atoms with Crippen molar-refractivity contribution in [3.05, 3.63) is 58.6 Å². The third-order valence-corrected chi connectivity index (χ3v) is 2.79. The summed E-state index contributed by atoms with van der Waals surface area (Å²) in [6.07, 6.45) is 0. The van der Waals surface area contributed by atoms with Crippen molar-refractivity contribution in [3.63, 3.8) is 0 Å². The third kappa shape index (κ3) is 3.24. The van der Waals surface area contributed by atoms with E-state index in [0.29, 0.717) is 27.6 Å². The van der Waals surface area contributed by atoms with Crippen LogP contribution in [0.25, 0.3) is 0 Å². The van der Waals surface area contributed by atoms with Crippen molar-refractivity contribution in [2.24, 2.45) is 5.73 Å². The van der Waals surface area contributed by atoms with E-state index < -0.39 is 5.91 Å². The fourth-order valence-corrected chi connectivity index (χ4v) is 1.78. The minimum atomic E-state index is -0.492. The minimum absolute atomic E-state index is 0.171. The maximum absolute atomic E-state index is 10.9. The monoisotopic (exact) mass is 277 g/mol. The SMILES string of the molecule is NC(=O)c1ccc(Oc2ccc(Cl)cc2CO)cc1. The van der Waals surface area contributed by atoms with Crippen LogP contribution in [0.15, 0.2) is 42.5 Å². The first-order valence-corrected chi connectivity index (χ1v) is 5.95. The Morgan fingerprint density at radius 2 is 1.89 bits per heavy atom. The van der Waals surface area contributed by atoms with Gasteiger partial charge in [-0.05, 0) is 42.5 Å². The number of amides is 1. The van der Waals surface area contributed by atoms with Crippen LogP contribution in [0.2, 0.25) is 5.02 Å². The molecule has 19 heavy (non-hydrogen) atoms. The summed E-state index contributed by atoms with van der Waals surface area (Å²) >= 11 is 5.84. The maximum Gasteiger partial charge on any atom is 0.248 e. The minimum Gasteiger partial charge on any atom is -0.457 e. The molecule has 0 atom stereocenters. The molecule has 0 saturated heterocycles. The average molecular weight is 278 g/mol. The lowest BCUT2D eigenvalue weighted by atomic mass is 10.2. The van der Waals surface area contributed by atoms with Gasteiger partial charge < -0.3 is 15.6 Å². The molecule has 4 nitrogen and oxygen atoms in total. The van der Waals surface area contributed by atoms with Crippen LogP contribution >= 0.6 is 11.6 Å². The molecule has 0 radical (unpaired) electrons. The van der Waals surface area contributed by atoms with Gasteiger partial charge in [0, 0.05) is 16.1 Å². The number of benzene rings is 2. The second kappa shape index (κ2) is 5.73. The van der Waals surface area contributed by atoms with Gasteiger partial charge in [-0.15, -0.1) is 0 Å². The number of hydrogen-bond donors (Lipinski definition) is 2. The maximum atomic E-state index is 10.9. The molecule has 98 valence electrons. The smallest absolute Gasteiger partial charge is 0.248 e. The normalized spacial score (nSPS) is 10.2. The van der Waals surface area contributed by atoms with Crippen molar-refractivity contribution in [1.82, 2.24) is 0 Å². The lowest BCUT2D eigenvalue weighted by Crippen LogP contribution is -2.10. The van der Waals surface area contributed by atoms with Crippen LogP contribution < -0.4 is 10.5 Å². The van der Waals surface area contributed by atoms with Gasteiger partial charge >= 0.3 is 0 Å². The molecule has 0 aliphatic rings. The van der Waals surface area contributed by atoms with Gasteiger partial charge in [-0.25, -0.2) is 0 Å². The first kappa shape index (κ1) is 13.4. The Morgan fingerprint density at radius 3 is 2.47 bits per heavy atom. The zero-order chi connectivity index (χ0) is 13.8. The Balaban J connectivity index is 2.23. The fraction of sp³-hybridized carbons (Fsp3) is 0.0714. The molecule has 5 heteroatoms. The van der Waals surface area contributed by atoms with Crippen LogP contribution in [0.4, 0.5) is 0 Å². The van der Waals surface area contributed by atoms with E-state index in [4.69, 9.17) is 22.1 Å². The first-order chi connectivity index (χ1) is 9.10. The van der Waals surface area contributed by atoms with E-state index in [2.05, 4.69) is 0 Å². The number of ether oxygens (including phenoxy) is 1. The number of nitrogens with two attached hydrogens (primary N) is 1.